The Hall–Kier alpha value is -4.55. The summed E-state index contributed by atoms with van der Waals surface area (Å²) in [4.78, 5) is 0. The second kappa shape index (κ2) is 14.5. The van der Waals surface area contributed by atoms with E-state index in [1.165, 1.54) is 24.6 Å². The molecule has 0 spiro atoms. The summed E-state index contributed by atoms with van der Waals surface area (Å²) in [6, 6.07) is 6.11. The summed E-state index contributed by atoms with van der Waals surface area (Å²) in [7, 11) is 0. The molecular weight excluding hydrogens is 673 g/mol. The number of hydrogen-bond donors (Lipinski definition) is 0. The maximum absolute atomic E-state index is 15.3. The maximum atomic E-state index is 15.3. The van der Waals surface area contributed by atoms with E-state index < -0.39 is 81.3 Å². The zero-order valence-corrected chi connectivity index (χ0v) is 25.6. The van der Waals surface area contributed by atoms with Crippen molar-refractivity contribution in [2.45, 2.75) is 57.5 Å². The summed E-state index contributed by atoms with van der Waals surface area (Å²) in [5.41, 5.74) is -1.88. The van der Waals surface area contributed by atoms with Gasteiger partial charge in [0, 0.05) is 23.3 Å². The molecule has 0 aromatic heterocycles. The second-order valence-electron chi connectivity index (χ2n) is 11.7. The van der Waals surface area contributed by atoms with E-state index in [0.29, 0.717) is 18.1 Å². The van der Waals surface area contributed by atoms with Crippen LogP contribution in [-0.2, 0) is 6.11 Å². The van der Waals surface area contributed by atoms with Crippen molar-refractivity contribution in [3.05, 3.63) is 119 Å². The Balaban J connectivity index is 1.35. The molecule has 2 nitrogen and oxygen atoms in total. The van der Waals surface area contributed by atoms with Crippen LogP contribution in [0.5, 0.6) is 11.5 Å². The van der Waals surface area contributed by atoms with Crippen LogP contribution in [0.3, 0.4) is 0 Å². The van der Waals surface area contributed by atoms with Gasteiger partial charge in [-0.25, -0.2) is 26.3 Å². The van der Waals surface area contributed by atoms with E-state index in [1.807, 2.05) is 0 Å². The van der Waals surface area contributed by atoms with Crippen LogP contribution in [0, 0.1) is 40.8 Å². The number of benzene rings is 4. The van der Waals surface area contributed by atoms with E-state index in [2.05, 4.69) is 16.4 Å². The molecule has 0 N–H and O–H groups in total. The summed E-state index contributed by atoms with van der Waals surface area (Å²) < 4.78 is 163. The third-order valence-corrected chi connectivity index (χ3v) is 8.49. The van der Waals surface area contributed by atoms with Crippen molar-refractivity contribution in [3.63, 3.8) is 0 Å². The predicted molar refractivity (Wildman–Crippen MR) is 159 cm³/mol. The summed E-state index contributed by atoms with van der Waals surface area (Å²) in [5.74, 6) is -11.6. The normalized spacial score (nSPS) is 16.4. The van der Waals surface area contributed by atoms with Crippen LogP contribution >= 0.6 is 0 Å². The first-order valence-corrected chi connectivity index (χ1v) is 15.2. The van der Waals surface area contributed by atoms with Gasteiger partial charge in [0.2, 0.25) is 5.75 Å². The lowest BCUT2D eigenvalue weighted by molar-refractivity contribution is -0.189. The topological polar surface area (TPSA) is 18.5 Å². The van der Waals surface area contributed by atoms with Gasteiger partial charge < -0.3 is 9.47 Å². The quantitative estimate of drug-likeness (QED) is 0.121. The molecule has 0 atom stereocenters. The number of ether oxygens (including phenoxy) is 2. The van der Waals surface area contributed by atoms with Gasteiger partial charge in [-0.3, -0.25) is 0 Å². The predicted octanol–water partition coefficient (Wildman–Crippen LogP) is 12.5. The van der Waals surface area contributed by atoms with E-state index in [4.69, 9.17) is 0 Å². The van der Waals surface area contributed by atoms with Gasteiger partial charge in [-0.2, -0.15) is 22.0 Å². The van der Waals surface area contributed by atoms with Crippen LogP contribution in [0.15, 0.2) is 72.8 Å². The van der Waals surface area contributed by atoms with Gasteiger partial charge in [0.1, 0.15) is 34.6 Å². The molecule has 4 aromatic carbocycles. The van der Waals surface area contributed by atoms with Crippen molar-refractivity contribution in [1.82, 2.24) is 0 Å². The lowest BCUT2D eigenvalue weighted by Crippen LogP contribution is -2.25. The van der Waals surface area contributed by atoms with Crippen LogP contribution in [0.4, 0.5) is 48.3 Å². The zero-order valence-electron chi connectivity index (χ0n) is 25.6. The van der Waals surface area contributed by atoms with Crippen molar-refractivity contribution in [1.29, 1.82) is 0 Å². The van der Waals surface area contributed by atoms with Gasteiger partial charge in [0.25, 0.3) is 0 Å². The molecule has 1 fully saturated rings. The standard InChI is InChI=1S/C36H27F11O2/c1-2-3-18-4-6-19(7-5-18)20-8-10-24(26(37)12-20)21-9-11-25(27(38)13-21)22-14-28(39)32(29(40)15-22)36(46,47)49-23-16-30(41)33(31(42)17-23)48-35(45)34(43)44/h8-19H,2-7H2,1H3. The average molecular weight is 701 g/mol. The van der Waals surface area contributed by atoms with E-state index in [9.17, 15) is 39.5 Å². The molecule has 5 rings (SSSR count). The minimum absolute atomic E-state index is 0.0220. The minimum Gasteiger partial charge on any atom is -0.429 e. The monoisotopic (exact) mass is 700 g/mol. The molecule has 0 aliphatic heterocycles. The minimum atomic E-state index is -4.93. The van der Waals surface area contributed by atoms with E-state index in [-0.39, 0.29) is 29.2 Å². The molecule has 0 unspecified atom stereocenters. The Morgan fingerprint density at radius 2 is 1.22 bits per heavy atom. The van der Waals surface area contributed by atoms with Gasteiger partial charge >= 0.3 is 18.2 Å². The first kappa shape index (κ1) is 35.7. The van der Waals surface area contributed by atoms with Crippen molar-refractivity contribution in [3.8, 4) is 33.8 Å². The Labute approximate surface area is 273 Å². The van der Waals surface area contributed by atoms with Crippen LogP contribution < -0.4 is 9.47 Å². The SMILES string of the molecule is CCCC1CCC(c2ccc(-c3ccc(-c4cc(F)c(C(F)(F)Oc5cc(F)c(OC(F)=C(F)F)c(F)c5)c(F)c4)c(F)c3)c(F)c2)CC1. The summed E-state index contributed by atoms with van der Waals surface area (Å²) >= 11 is 0. The molecule has 4 aromatic rings. The first-order chi connectivity index (χ1) is 23.2. The molecule has 0 heterocycles. The molecule has 0 bridgehead atoms. The zero-order chi connectivity index (χ0) is 35.6. The molecule has 49 heavy (non-hydrogen) atoms. The number of rotatable bonds is 10. The van der Waals surface area contributed by atoms with Crippen LogP contribution in [0.25, 0.3) is 22.3 Å². The van der Waals surface area contributed by atoms with Crippen molar-refractivity contribution in [2.24, 2.45) is 5.92 Å². The third-order valence-electron chi connectivity index (χ3n) is 8.49. The highest BCUT2D eigenvalue weighted by molar-refractivity contribution is 5.72. The smallest absolute Gasteiger partial charge is 0.429 e. The van der Waals surface area contributed by atoms with Crippen molar-refractivity contribution >= 4 is 0 Å². The fourth-order valence-electron chi connectivity index (χ4n) is 6.16. The van der Waals surface area contributed by atoms with Gasteiger partial charge in [0.05, 0.1) is 0 Å². The number of halogens is 11. The van der Waals surface area contributed by atoms with E-state index in [0.717, 1.165) is 49.8 Å². The third kappa shape index (κ3) is 7.86. The largest absolute Gasteiger partial charge is 0.432 e. The summed E-state index contributed by atoms with van der Waals surface area (Å²) in [6.07, 6.45) is -1.67. The fourth-order valence-corrected chi connectivity index (χ4v) is 6.16. The molecule has 1 aliphatic carbocycles. The number of alkyl halides is 2. The van der Waals surface area contributed by atoms with Gasteiger partial charge in [-0.1, -0.05) is 44.0 Å². The van der Waals surface area contributed by atoms with Crippen molar-refractivity contribution < 1.29 is 57.8 Å². The molecule has 1 saturated carbocycles. The van der Waals surface area contributed by atoms with Crippen LogP contribution in [0.2, 0.25) is 0 Å². The molecule has 13 heteroatoms. The highest BCUT2D eigenvalue weighted by Crippen LogP contribution is 2.41. The van der Waals surface area contributed by atoms with Gasteiger partial charge in [0.15, 0.2) is 11.6 Å². The molecule has 260 valence electrons. The first-order valence-electron chi connectivity index (χ1n) is 15.2. The number of hydrogen-bond acceptors (Lipinski definition) is 2. The van der Waals surface area contributed by atoms with Gasteiger partial charge in [-0.15, -0.1) is 0 Å². The van der Waals surface area contributed by atoms with E-state index >= 15 is 8.78 Å². The average Bonchev–Trinajstić information content (AvgIpc) is 3.02. The lowest BCUT2D eigenvalue weighted by atomic mass is 9.77. The van der Waals surface area contributed by atoms with E-state index in [1.54, 1.807) is 6.07 Å². The lowest BCUT2D eigenvalue weighted by Gasteiger charge is -2.28. The summed E-state index contributed by atoms with van der Waals surface area (Å²) in [6.45, 7) is 2.15. The molecular formula is C36H27F11O2. The van der Waals surface area contributed by atoms with Gasteiger partial charge in [-0.05, 0) is 78.5 Å². The maximum Gasteiger partial charge on any atom is 0.432 e. The Kier molecular flexibility index (Phi) is 10.6. The molecule has 0 saturated heterocycles. The Bertz CT molecular complexity index is 1830. The van der Waals surface area contributed by atoms with Crippen LogP contribution in [-0.4, -0.2) is 0 Å². The fraction of sp³-hybridized carbons (Fsp3) is 0.278. The molecule has 1 aliphatic rings. The molecule has 0 amide bonds. The van der Waals surface area contributed by atoms with Crippen LogP contribution in [0.1, 0.15) is 62.5 Å². The highest BCUT2D eigenvalue weighted by Gasteiger charge is 2.42. The highest BCUT2D eigenvalue weighted by atomic mass is 19.3. The second-order valence-corrected chi connectivity index (χ2v) is 11.7. The van der Waals surface area contributed by atoms with Crippen molar-refractivity contribution in [2.75, 3.05) is 0 Å². The Morgan fingerprint density at radius 3 is 1.78 bits per heavy atom. The Morgan fingerprint density at radius 1 is 0.673 bits per heavy atom. The molecule has 0 radical (unpaired) electrons. The summed E-state index contributed by atoms with van der Waals surface area (Å²) in [5, 5.41) is 0.